The molecule has 5 nitrogen and oxygen atoms in total. The molecule has 0 heterocycles. The number of nitro benzene ring substituents is 1. The maximum atomic E-state index is 11.1. The quantitative estimate of drug-likeness (QED) is 0.407. The van der Waals surface area contributed by atoms with Gasteiger partial charge in [-0.15, -0.1) is 0 Å². The summed E-state index contributed by atoms with van der Waals surface area (Å²) >= 11 is 5.44. The number of nitrogens with zero attached hydrogens (tertiary/aromatic N) is 1. The van der Waals surface area contributed by atoms with Crippen molar-refractivity contribution < 1.29 is 14.8 Å². The number of carbonyl (C=O) groups excluding carboxylic acids is 1. The zero-order valence-electron chi connectivity index (χ0n) is 6.19. The monoisotopic (exact) mass is 200 g/mol. The average molecular weight is 201 g/mol. The summed E-state index contributed by atoms with van der Waals surface area (Å²) in [5.74, 6) is -0.913. The molecular weight excluding hydrogens is 198 g/mol. The van der Waals surface area contributed by atoms with Gasteiger partial charge in [-0.3, -0.25) is 14.9 Å². The van der Waals surface area contributed by atoms with E-state index in [-0.39, 0.29) is 16.9 Å². The molecule has 0 aliphatic carbocycles. The van der Waals surface area contributed by atoms with Gasteiger partial charge in [0.25, 0.3) is 5.69 Å². The Balaban J connectivity index is 3.44. The summed E-state index contributed by atoms with van der Waals surface area (Å²) in [5.41, 5.74) is -0.992. The van der Waals surface area contributed by atoms with Crippen LogP contribution in [0.4, 0.5) is 5.69 Å². The van der Waals surface area contributed by atoms with Crippen LogP contribution in [0.1, 0.15) is 10.4 Å². The van der Waals surface area contributed by atoms with Crippen molar-refractivity contribution in [2.24, 2.45) is 0 Å². The fourth-order valence-corrected chi connectivity index (χ4v) is 1.04. The van der Waals surface area contributed by atoms with Gasteiger partial charge in [-0.1, -0.05) is 11.6 Å². The Morgan fingerprint density at radius 3 is 2.54 bits per heavy atom. The minimum absolute atomic E-state index is 0.00611. The largest absolute Gasteiger partial charge is 0.867 e. The van der Waals surface area contributed by atoms with Crippen LogP contribution < -0.4 is 5.11 Å². The summed E-state index contributed by atoms with van der Waals surface area (Å²) in [5, 5.41) is 21.3. The third kappa shape index (κ3) is 1.75. The van der Waals surface area contributed by atoms with Crippen LogP contribution in [-0.4, -0.2) is 11.2 Å². The van der Waals surface area contributed by atoms with Crippen molar-refractivity contribution in [3.05, 3.63) is 32.8 Å². The van der Waals surface area contributed by atoms with Gasteiger partial charge >= 0.3 is 0 Å². The summed E-state index contributed by atoms with van der Waals surface area (Å²) in [6.07, 6.45) is 0.237. The molecule has 0 saturated heterocycles. The number of hydrogen-bond donors (Lipinski definition) is 0. The average Bonchev–Trinajstić information content (AvgIpc) is 2.08. The highest BCUT2D eigenvalue weighted by atomic mass is 35.5. The zero-order chi connectivity index (χ0) is 10.0. The molecule has 0 saturated carbocycles. The van der Waals surface area contributed by atoms with Crippen molar-refractivity contribution in [2.45, 2.75) is 0 Å². The predicted octanol–water partition coefficient (Wildman–Crippen LogP) is 1.13. The van der Waals surface area contributed by atoms with Gasteiger partial charge in [0.05, 0.1) is 4.92 Å². The van der Waals surface area contributed by atoms with Crippen LogP contribution in [0.15, 0.2) is 12.1 Å². The van der Waals surface area contributed by atoms with Crippen LogP contribution >= 0.6 is 11.6 Å². The highest BCUT2D eigenvalue weighted by Crippen LogP contribution is 2.29. The van der Waals surface area contributed by atoms with E-state index in [1.807, 2.05) is 0 Å². The molecule has 0 atom stereocenters. The van der Waals surface area contributed by atoms with E-state index in [2.05, 4.69) is 0 Å². The van der Waals surface area contributed by atoms with Gasteiger partial charge < -0.3 is 5.11 Å². The Morgan fingerprint density at radius 1 is 1.46 bits per heavy atom. The molecule has 0 aliphatic rings. The first kappa shape index (κ1) is 9.47. The van der Waals surface area contributed by atoms with E-state index in [0.717, 1.165) is 12.1 Å². The van der Waals surface area contributed by atoms with Gasteiger partial charge in [0.15, 0.2) is 0 Å². The number of benzene rings is 1. The van der Waals surface area contributed by atoms with Crippen LogP contribution in [0.2, 0.25) is 5.02 Å². The second-order valence-corrected chi connectivity index (χ2v) is 2.65. The number of hydrogen-bond acceptors (Lipinski definition) is 4. The smallest absolute Gasteiger partial charge is 0.263 e. The van der Waals surface area contributed by atoms with Gasteiger partial charge in [0.1, 0.15) is 6.29 Å². The fraction of sp³-hybridized carbons (Fsp3) is 0. The van der Waals surface area contributed by atoms with E-state index in [1.54, 1.807) is 0 Å². The molecule has 13 heavy (non-hydrogen) atoms. The van der Waals surface area contributed by atoms with Crippen molar-refractivity contribution in [1.29, 1.82) is 0 Å². The molecule has 0 aliphatic heterocycles. The SMILES string of the molecule is O=Cc1cc(Cl)cc([N+](=O)[O-])c1[O-]. The van der Waals surface area contributed by atoms with Crippen LogP contribution in [0.25, 0.3) is 0 Å². The summed E-state index contributed by atoms with van der Waals surface area (Å²) in [6, 6.07) is 2.00. The molecule has 68 valence electrons. The number of carbonyl (C=O) groups is 1. The molecule has 1 rings (SSSR count). The lowest BCUT2D eigenvalue weighted by atomic mass is 10.2. The van der Waals surface area contributed by atoms with Crippen molar-refractivity contribution in [3.63, 3.8) is 0 Å². The molecular formula is C7H3ClNO4-. The summed E-state index contributed by atoms with van der Waals surface area (Å²) in [4.78, 5) is 19.7. The Hall–Kier alpha value is -1.62. The first-order valence-electron chi connectivity index (χ1n) is 3.16. The molecule has 0 aromatic heterocycles. The van der Waals surface area contributed by atoms with E-state index in [0.29, 0.717) is 0 Å². The first-order chi connectivity index (χ1) is 6.06. The van der Waals surface area contributed by atoms with Crippen molar-refractivity contribution in [2.75, 3.05) is 0 Å². The summed E-state index contributed by atoms with van der Waals surface area (Å²) in [7, 11) is 0. The molecule has 0 spiro atoms. The maximum absolute atomic E-state index is 11.1. The van der Waals surface area contributed by atoms with Crippen LogP contribution in [-0.2, 0) is 0 Å². The molecule has 0 fully saturated rings. The molecule has 0 radical (unpaired) electrons. The van der Waals surface area contributed by atoms with Gasteiger partial charge in [0.2, 0.25) is 0 Å². The van der Waals surface area contributed by atoms with Crippen LogP contribution in [0, 0.1) is 10.1 Å². The highest BCUT2D eigenvalue weighted by Gasteiger charge is 2.11. The number of nitro groups is 1. The molecule has 0 amide bonds. The van der Waals surface area contributed by atoms with E-state index in [1.165, 1.54) is 0 Å². The topological polar surface area (TPSA) is 83.3 Å². The maximum Gasteiger partial charge on any atom is 0.263 e. The Kier molecular flexibility index (Phi) is 2.48. The predicted molar refractivity (Wildman–Crippen MR) is 42.9 cm³/mol. The van der Waals surface area contributed by atoms with E-state index in [9.17, 15) is 20.0 Å². The Morgan fingerprint density at radius 2 is 2.08 bits per heavy atom. The van der Waals surface area contributed by atoms with Crippen molar-refractivity contribution in [1.82, 2.24) is 0 Å². The van der Waals surface area contributed by atoms with Crippen LogP contribution in [0.3, 0.4) is 0 Å². The van der Waals surface area contributed by atoms with E-state index < -0.39 is 16.4 Å². The van der Waals surface area contributed by atoms with E-state index in [4.69, 9.17) is 11.6 Å². The molecule has 6 heteroatoms. The number of aldehydes is 1. The second kappa shape index (κ2) is 3.40. The third-order valence-electron chi connectivity index (χ3n) is 1.39. The van der Waals surface area contributed by atoms with Gasteiger partial charge in [-0.2, -0.15) is 0 Å². The summed E-state index contributed by atoms with van der Waals surface area (Å²) in [6.45, 7) is 0. The third-order valence-corrected chi connectivity index (χ3v) is 1.60. The summed E-state index contributed by atoms with van der Waals surface area (Å²) < 4.78 is 0. The molecule has 0 bridgehead atoms. The van der Waals surface area contributed by atoms with Gasteiger partial charge in [-0.05, 0) is 11.8 Å². The standard InChI is InChI=1S/C7H4ClNO4/c8-5-1-4(3-10)7(11)6(2-5)9(12)13/h1-3,11H/p-1. The van der Waals surface area contributed by atoms with Crippen molar-refractivity contribution in [3.8, 4) is 5.75 Å². The first-order valence-corrected chi connectivity index (χ1v) is 3.54. The number of halogens is 1. The van der Waals surface area contributed by atoms with Crippen molar-refractivity contribution >= 4 is 23.6 Å². The molecule has 1 aromatic carbocycles. The minimum atomic E-state index is -0.913. The Labute approximate surface area is 77.7 Å². The van der Waals surface area contributed by atoms with Gasteiger partial charge in [0, 0.05) is 16.7 Å². The van der Waals surface area contributed by atoms with E-state index >= 15 is 0 Å². The normalized spacial score (nSPS) is 9.62. The molecule has 0 unspecified atom stereocenters. The minimum Gasteiger partial charge on any atom is -0.867 e. The lowest BCUT2D eigenvalue weighted by Gasteiger charge is -2.08. The Bertz CT molecular complexity index is 377. The zero-order valence-corrected chi connectivity index (χ0v) is 6.95. The van der Waals surface area contributed by atoms with Gasteiger partial charge in [-0.25, -0.2) is 0 Å². The second-order valence-electron chi connectivity index (χ2n) is 2.22. The molecule has 1 aromatic rings. The lowest BCUT2D eigenvalue weighted by molar-refractivity contribution is -0.398. The fourth-order valence-electron chi connectivity index (χ4n) is 0.823. The lowest BCUT2D eigenvalue weighted by Crippen LogP contribution is -2.01. The highest BCUT2D eigenvalue weighted by molar-refractivity contribution is 6.31. The number of rotatable bonds is 2. The van der Waals surface area contributed by atoms with Crippen LogP contribution in [0.5, 0.6) is 5.75 Å². The molecule has 0 N–H and O–H groups in total.